The molecule has 0 spiro atoms. The smallest absolute Gasteiger partial charge is 0.358 e. The van der Waals surface area contributed by atoms with Crippen molar-refractivity contribution >= 4 is 23.2 Å². The van der Waals surface area contributed by atoms with E-state index in [0.717, 1.165) is 0 Å². The van der Waals surface area contributed by atoms with Gasteiger partial charge in [-0.1, -0.05) is 0 Å². The molecule has 2 aromatic heterocycles. The van der Waals surface area contributed by atoms with Gasteiger partial charge in [-0.25, -0.2) is 14.8 Å². The fourth-order valence-electron chi connectivity index (χ4n) is 1.03. The minimum Gasteiger partial charge on any atom is -0.476 e. The molecular weight excluding hydrogens is 194 g/mol. The molecule has 0 aliphatic heterocycles. The molecule has 0 unspecified atom stereocenters. The van der Waals surface area contributed by atoms with Crippen LogP contribution in [-0.4, -0.2) is 25.4 Å². The Balaban J connectivity index is 2.85. The molecule has 2 rings (SSSR count). The zero-order chi connectivity index (χ0) is 9.42. The molecule has 2 heterocycles. The summed E-state index contributed by atoms with van der Waals surface area (Å²) in [6.45, 7) is 0. The average Bonchev–Trinajstić information content (AvgIpc) is 2.45. The van der Waals surface area contributed by atoms with E-state index in [4.69, 9.17) is 16.7 Å². The van der Waals surface area contributed by atoms with Crippen molar-refractivity contribution in [3.63, 3.8) is 0 Å². The number of carboxylic acids is 1. The molecule has 2 aromatic rings. The van der Waals surface area contributed by atoms with Crippen molar-refractivity contribution in [1.82, 2.24) is 14.4 Å². The second kappa shape index (κ2) is 2.70. The summed E-state index contributed by atoms with van der Waals surface area (Å²) in [4.78, 5) is 18.2. The molecule has 5 nitrogen and oxygen atoms in total. The van der Waals surface area contributed by atoms with Gasteiger partial charge in [-0.2, -0.15) is 0 Å². The Morgan fingerprint density at radius 3 is 3.08 bits per heavy atom. The predicted molar refractivity (Wildman–Crippen MR) is 45.0 cm³/mol. The Hall–Kier alpha value is -1.62. The van der Waals surface area contributed by atoms with Crippen molar-refractivity contribution in [3.05, 3.63) is 29.4 Å². The minimum absolute atomic E-state index is 0.0977. The standard InChI is InChI=1S/C7H4ClN3O2/c8-7-10-4(6(12)13)5-9-2-1-3-11(5)7/h1-3H,(H,12,13). The lowest BCUT2D eigenvalue weighted by atomic mass is 10.4. The molecule has 1 N–H and O–H groups in total. The van der Waals surface area contributed by atoms with Crippen LogP contribution in [0.3, 0.4) is 0 Å². The Bertz CT molecular complexity index is 480. The zero-order valence-corrected chi connectivity index (χ0v) is 7.06. The monoisotopic (exact) mass is 197 g/mol. The molecule has 6 heteroatoms. The molecule has 13 heavy (non-hydrogen) atoms. The number of aromatic carboxylic acids is 1. The molecule has 0 saturated heterocycles. The summed E-state index contributed by atoms with van der Waals surface area (Å²) in [5, 5.41) is 8.82. The number of rotatable bonds is 1. The Kier molecular flexibility index (Phi) is 1.66. The zero-order valence-electron chi connectivity index (χ0n) is 6.31. The molecule has 0 radical (unpaired) electrons. The summed E-state index contributed by atoms with van der Waals surface area (Å²) in [7, 11) is 0. The first-order valence-electron chi connectivity index (χ1n) is 3.42. The fraction of sp³-hybridized carbons (Fsp3) is 0. The lowest BCUT2D eigenvalue weighted by Gasteiger charge is -1.91. The largest absolute Gasteiger partial charge is 0.476 e. The number of aromatic nitrogens is 3. The maximum atomic E-state index is 10.7. The first-order valence-corrected chi connectivity index (χ1v) is 3.80. The first-order chi connectivity index (χ1) is 6.20. The molecule has 0 amide bonds. The van der Waals surface area contributed by atoms with Gasteiger partial charge in [0.25, 0.3) is 0 Å². The molecule has 0 aliphatic rings. The fourth-order valence-corrected chi connectivity index (χ4v) is 1.26. The van der Waals surface area contributed by atoms with Crippen molar-refractivity contribution < 1.29 is 9.90 Å². The number of imidazole rings is 1. The average molecular weight is 198 g/mol. The highest BCUT2D eigenvalue weighted by molar-refractivity contribution is 6.29. The van der Waals surface area contributed by atoms with Crippen LogP contribution in [0.4, 0.5) is 0 Å². The van der Waals surface area contributed by atoms with E-state index in [1.807, 2.05) is 0 Å². The lowest BCUT2D eigenvalue weighted by molar-refractivity contribution is 0.0693. The lowest BCUT2D eigenvalue weighted by Crippen LogP contribution is -1.98. The van der Waals surface area contributed by atoms with Crippen LogP contribution in [0.15, 0.2) is 18.5 Å². The van der Waals surface area contributed by atoms with Gasteiger partial charge in [0.1, 0.15) is 0 Å². The van der Waals surface area contributed by atoms with E-state index in [1.165, 1.54) is 10.6 Å². The number of carbonyl (C=O) groups is 1. The number of halogens is 1. The summed E-state index contributed by atoms with van der Waals surface area (Å²) in [5.74, 6) is -1.14. The van der Waals surface area contributed by atoms with Crippen molar-refractivity contribution in [1.29, 1.82) is 0 Å². The molecule has 0 bridgehead atoms. The third-order valence-electron chi connectivity index (χ3n) is 1.56. The van der Waals surface area contributed by atoms with Crippen LogP contribution in [0.2, 0.25) is 5.28 Å². The quantitative estimate of drug-likeness (QED) is 0.743. The molecule has 66 valence electrons. The van der Waals surface area contributed by atoms with Crippen molar-refractivity contribution in [2.24, 2.45) is 0 Å². The molecule has 0 aliphatic carbocycles. The van der Waals surface area contributed by atoms with Crippen LogP contribution < -0.4 is 0 Å². The number of hydrogen-bond donors (Lipinski definition) is 1. The van der Waals surface area contributed by atoms with Crippen LogP contribution in [-0.2, 0) is 0 Å². The second-order valence-electron chi connectivity index (χ2n) is 2.35. The van der Waals surface area contributed by atoms with Gasteiger partial charge in [0, 0.05) is 12.4 Å². The van der Waals surface area contributed by atoms with E-state index in [2.05, 4.69) is 9.97 Å². The Morgan fingerprint density at radius 1 is 1.62 bits per heavy atom. The van der Waals surface area contributed by atoms with Crippen molar-refractivity contribution in [2.75, 3.05) is 0 Å². The van der Waals surface area contributed by atoms with Crippen LogP contribution in [0.1, 0.15) is 10.5 Å². The van der Waals surface area contributed by atoms with Crippen LogP contribution >= 0.6 is 11.6 Å². The van der Waals surface area contributed by atoms with Crippen molar-refractivity contribution in [2.45, 2.75) is 0 Å². The maximum Gasteiger partial charge on any atom is 0.358 e. The van der Waals surface area contributed by atoms with Gasteiger partial charge in [0.2, 0.25) is 5.28 Å². The minimum atomic E-state index is -1.14. The summed E-state index contributed by atoms with van der Waals surface area (Å²) >= 11 is 5.67. The molecule has 0 fully saturated rings. The molecular formula is C7H4ClN3O2. The summed E-state index contributed by atoms with van der Waals surface area (Å²) in [6, 6.07) is 1.65. The number of nitrogens with zero attached hydrogens (tertiary/aromatic N) is 3. The van der Waals surface area contributed by atoms with Crippen LogP contribution in [0.5, 0.6) is 0 Å². The van der Waals surface area contributed by atoms with Crippen LogP contribution in [0, 0.1) is 0 Å². The Morgan fingerprint density at radius 2 is 2.38 bits per heavy atom. The molecule has 0 saturated carbocycles. The van der Waals surface area contributed by atoms with E-state index in [1.54, 1.807) is 12.3 Å². The SMILES string of the molecule is O=C(O)c1nc(Cl)n2cccnc12. The number of fused-ring (bicyclic) bond motifs is 1. The second-order valence-corrected chi connectivity index (χ2v) is 2.69. The molecule has 0 aromatic carbocycles. The molecule has 0 atom stereocenters. The van der Waals surface area contributed by atoms with E-state index in [0.29, 0.717) is 0 Å². The Labute approximate surface area is 77.6 Å². The topological polar surface area (TPSA) is 67.5 Å². The highest BCUT2D eigenvalue weighted by Gasteiger charge is 2.15. The summed E-state index contributed by atoms with van der Waals surface area (Å²) < 4.78 is 1.41. The normalized spacial score (nSPS) is 10.5. The van der Waals surface area contributed by atoms with Gasteiger partial charge >= 0.3 is 5.97 Å². The maximum absolute atomic E-state index is 10.7. The van der Waals surface area contributed by atoms with E-state index < -0.39 is 5.97 Å². The van der Waals surface area contributed by atoms with E-state index in [9.17, 15) is 4.79 Å². The summed E-state index contributed by atoms with van der Waals surface area (Å²) in [6.07, 6.45) is 3.09. The van der Waals surface area contributed by atoms with Gasteiger partial charge in [-0.3, -0.25) is 4.40 Å². The first kappa shape index (κ1) is 8.00. The summed E-state index contributed by atoms with van der Waals surface area (Å²) in [5.41, 5.74) is 0.116. The van der Waals surface area contributed by atoms with Gasteiger partial charge in [-0.15, -0.1) is 0 Å². The van der Waals surface area contributed by atoms with Gasteiger partial charge < -0.3 is 5.11 Å². The number of carboxylic acid groups (broad SMARTS) is 1. The highest BCUT2D eigenvalue weighted by atomic mass is 35.5. The van der Waals surface area contributed by atoms with Crippen LogP contribution in [0.25, 0.3) is 5.65 Å². The third kappa shape index (κ3) is 1.13. The van der Waals surface area contributed by atoms with Gasteiger partial charge in [-0.05, 0) is 17.7 Å². The van der Waals surface area contributed by atoms with Gasteiger partial charge in [0.15, 0.2) is 11.3 Å². The predicted octanol–water partition coefficient (Wildman–Crippen LogP) is 1.08. The third-order valence-corrected chi connectivity index (χ3v) is 1.83. The van der Waals surface area contributed by atoms with E-state index in [-0.39, 0.29) is 16.6 Å². The highest BCUT2D eigenvalue weighted by Crippen LogP contribution is 2.13. The van der Waals surface area contributed by atoms with E-state index >= 15 is 0 Å². The van der Waals surface area contributed by atoms with Gasteiger partial charge in [0.05, 0.1) is 0 Å². The van der Waals surface area contributed by atoms with Crippen molar-refractivity contribution in [3.8, 4) is 0 Å². The number of hydrogen-bond acceptors (Lipinski definition) is 3.